The van der Waals surface area contributed by atoms with E-state index in [1.807, 2.05) is 18.2 Å². The maximum absolute atomic E-state index is 10.6. The van der Waals surface area contributed by atoms with Crippen LogP contribution in [0, 0.1) is 0 Å². The van der Waals surface area contributed by atoms with Gasteiger partial charge < -0.3 is 16.4 Å². The molecule has 0 saturated carbocycles. The highest BCUT2D eigenvalue weighted by Gasteiger charge is 1.92. The summed E-state index contributed by atoms with van der Waals surface area (Å²) in [7, 11) is 0. The molecule has 0 aromatic carbocycles. The molecule has 0 spiro atoms. The molecule has 0 aliphatic rings. The Hall–Kier alpha value is -1.35. The predicted molar refractivity (Wildman–Crippen MR) is 71.6 cm³/mol. The Bertz CT molecular complexity index is 280. The zero-order valence-electron chi connectivity index (χ0n) is 10.5. The normalized spacial score (nSPS) is 12.1. The predicted octanol–water partition coefficient (Wildman–Crippen LogP) is 0.717. The zero-order valence-corrected chi connectivity index (χ0v) is 10.5. The Labute approximate surface area is 104 Å². The van der Waals surface area contributed by atoms with Gasteiger partial charge in [0.05, 0.1) is 0 Å². The smallest absolute Gasteiger partial charge is 0.216 e. The van der Waals surface area contributed by atoms with Gasteiger partial charge in [-0.1, -0.05) is 18.7 Å². The lowest BCUT2D eigenvalue weighted by Gasteiger charge is -2.03. The van der Waals surface area contributed by atoms with Gasteiger partial charge in [-0.15, -0.1) is 5.73 Å². The van der Waals surface area contributed by atoms with Crippen LogP contribution in [0.1, 0.15) is 19.8 Å². The van der Waals surface area contributed by atoms with Crippen molar-refractivity contribution in [2.75, 3.05) is 19.6 Å². The summed E-state index contributed by atoms with van der Waals surface area (Å²) in [6.07, 6.45) is 7.51. The van der Waals surface area contributed by atoms with Crippen molar-refractivity contribution in [1.82, 2.24) is 10.6 Å². The van der Waals surface area contributed by atoms with E-state index in [4.69, 9.17) is 5.73 Å². The van der Waals surface area contributed by atoms with Gasteiger partial charge in [-0.2, -0.15) is 0 Å². The summed E-state index contributed by atoms with van der Waals surface area (Å²) in [4.78, 5) is 10.6. The molecule has 0 fully saturated rings. The van der Waals surface area contributed by atoms with E-state index in [1.165, 1.54) is 6.92 Å². The highest BCUT2D eigenvalue weighted by molar-refractivity contribution is 5.72. The standard InChI is InChI=1S/C13H23N3O/c1-3-4-7-13(14)8-5-9-15-10-6-11-16-12(2)17/h4-5,8,13,15H,1,6-7,9-11,14H2,2H3,(H,16,17). The van der Waals surface area contributed by atoms with Crippen molar-refractivity contribution in [2.24, 2.45) is 5.73 Å². The Morgan fingerprint density at radius 3 is 2.94 bits per heavy atom. The number of nitrogens with two attached hydrogens (primary N) is 1. The van der Waals surface area contributed by atoms with Crippen LogP contribution in [0.3, 0.4) is 0 Å². The fourth-order valence-electron chi connectivity index (χ4n) is 1.20. The van der Waals surface area contributed by atoms with Gasteiger partial charge in [0.15, 0.2) is 0 Å². The van der Waals surface area contributed by atoms with Crippen LogP contribution < -0.4 is 16.4 Å². The molecule has 4 heteroatoms. The molecular weight excluding hydrogens is 214 g/mol. The Kier molecular flexibility index (Phi) is 10.3. The van der Waals surface area contributed by atoms with Crippen LogP contribution in [-0.2, 0) is 4.79 Å². The Balaban J connectivity index is 3.35. The van der Waals surface area contributed by atoms with Crippen LogP contribution in [-0.4, -0.2) is 31.6 Å². The Morgan fingerprint density at radius 1 is 1.53 bits per heavy atom. The molecule has 1 amide bonds. The van der Waals surface area contributed by atoms with E-state index in [2.05, 4.69) is 22.9 Å². The zero-order chi connectivity index (χ0) is 12.9. The average Bonchev–Trinajstić information content (AvgIpc) is 2.29. The lowest BCUT2D eigenvalue weighted by molar-refractivity contribution is -0.118. The van der Waals surface area contributed by atoms with E-state index in [9.17, 15) is 4.79 Å². The third kappa shape index (κ3) is 12.6. The van der Waals surface area contributed by atoms with Crippen LogP contribution >= 0.6 is 0 Å². The van der Waals surface area contributed by atoms with Crippen LogP contribution in [0.15, 0.2) is 30.5 Å². The second-order valence-corrected chi connectivity index (χ2v) is 3.78. The van der Waals surface area contributed by atoms with Gasteiger partial charge in [0.1, 0.15) is 0 Å². The molecule has 1 atom stereocenters. The molecule has 0 heterocycles. The fourth-order valence-corrected chi connectivity index (χ4v) is 1.20. The summed E-state index contributed by atoms with van der Waals surface area (Å²) >= 11 is 0. The minimum Gasteiger partial charge on any atom is -0.356 e. The molecule has 0 aromatic heterocycles. The minimum atomic E-state index is 0.0196. The van der Waals surface area contributed by atoms with Crippen LogP contribution in [0.5, 0.6) is 0 Å². The number of carbonyl (C=O) groups excluding carboxylic acids is 1. The summed E-state index contributed by atoms with van der Waals surface area (Å²) in [6.45, 7) is 7.40. The van der Waals surface area contributed by atoms with Gasteiger partial charge >= 0.3 is 0 Å². The van der Waals surface area contributed by atoms with Gasteiger partial charge in [-0.05, 0) is 25.5 Å². The van der Waals surface area contributed by atoms with Gasteiger partial charge in [0.25, 0.3) is 0 Å². The number of hydrogen-bond donors (Lipinski definition) is 3. The van der Waals surface area contributed by atoms with Gasteiger partial charge in [-0.25, -0.2) is 0 Å². The van der Waals surface area contributed by atoms with Crippen LogP contribution in [0.2, 0.25) is 0 Å². The van der Waals surface area contributed by atoms with Crippen molar-refractivity contribution in [2.45, 2.75) is 25.8 Å². The SMILES string of the molecule is C=C=CCC(N)C=CCNCCCNC(C)=O. The molecule has 0 aliphatic carbocycles. The van der Waals surface area contributed by atoms with Crippen molar-refractivity contribution in [3.05, 3.63) is 30.5 Å². The topological polar surface area (TPSA) is 67.2 Å². The van der Waals surface area contributed by atoms with E-state index in [-0.39, 0.29) is 11.9 Å². The van der Waals surface area contributed by atoms with E-state index in [1.54, 1.807) is 0 Å². The highest BCUT2D eigenvalue weighted by Crippen LogP contribution is 1.90. The molecular formula is C13H23N3O. The highest BCUT2D eigenvalue weighted by atomic mass is 16.1. The van der Waals surface area contributed by atoms with Gasteiger partial charge in [0, 0.05) is 26.1 Å². The maximum Gasteiger partial charge on any atom is 0.216 e. The average molecular weight is 237 g/mol. The molecule has 0 aromatic rings. The first-order valence-corrected chi connectivity index (χ1v) is 5.88. The van der Waals surface area contributed by atoms with Crippen molar-refractivity contribution in [3.63, 3.8) is 0 Å². The van der Waals surface area contributed by atoms with Crippen LogP contribution in [0.25, 0.3) is 0 Å². The summed E-state index contributed by atoms with van der Waals surface area (Å²) in [5, 5.41) is 5.98. The van der Waals surface area contributed by atoms with E-state index in [0.29, 0.717) is 0 Å². The van der Waals surface area contributed by atoms with E-state index in [0.717, 1.165) is 32.5 Å². The molecule has 0 aliphatic heterocycles. The number of hydrogen-bond acceptors (Lipinski definition) is 3. The molecule has 96 valence electrons. The molecule has 17 heavy (non-hydrogen) atoms. The van der Waals surface area contributed by atoms with Crippen molar-refractivity contribution in [1.29, 1.82) is 0 Å². The maximum atomic E-state index is 10.6. The second-order valence-electron chi connectivity index (χ2n) is 3.78. The molecule has 0 saturated heterocycles. The molecule has 0 radical (unpaired) electrons. The van der Waals surface area contributed by atoms with Crippen molar-refractivity contribution in [3.8, 4) is 0 Å². The van der Waals surface area contributed by atoms with Gasteiger partial charge in [-0.3, -0.25) is 4.79 Å². The lowest BCUT2D eigenvalue weighted by atomic mass is 10.2. The fraction of sp³-hybridized carbons (Fsp3) is 0.538. The second kappa shape index (κ2) is 11.1. The Morgan fingerprint density at radius 2 is 2.29 bits per heavy atom. The number of carbonyl (C=O) groups is 1. The first-order chi connectivity index (χ1) is 8.16. The minimum absolute atomic E-state index is 0.0196. The number of rotatable bonds is 9. The van der Waals surface area contributed by atoms with E-state index < -0.39 is 0 Å². The first-order valence-electron chi connectivity index (χ1n) is 5.88. The third-order valence-electron chi connectivity index (χ3n) is 2.08. The van der Waals surface area contributed by atoms with Crippen molar-refractivity contribution >= 4 is 5.91 Å². The summed E-state index contributed by atoms with van der Waals surface area (Å²) in [5.41, 5.74) is 8.49. The molecule has 0 rings (SSSR count). The summed E-state index contributed by atoms with van der Waals surface area (Å²) < 4.78 is 0. The summed E-state index contributed by atoms with van der Waals surface area (Å²) in [6, 6.07) is 0.0328. The molecule has 4 N–H and O–H groups in total. The monoisotopic (exact) mass is 237 g/mol. The third-order valence-corrected chi connectivity index (χ3v) is 2.08. The molecule has 4 nitrogen and oxygen atoms in total. The quantitative estimate of drug-likeness (QED) is 0.314. The van der Waals surface area contributed by atoms with E-state index >= 15 is 0 Å². The van der Waals surface area contributed by atoms with Crippen molar-refractivity contribution < 1.29 is 4.79 Å². The van der Waals surface area contributed by atoms with Gasteiger partial charge in [0.2, 0.25) is 5.91 Å². The number of nitrogens with one attached hydrogen (secondary N) is 2. The molecule has 1 unspecified atom stereocenters. The van der Waals surface area contributed by atoms with Crippen LogP contribution in [0.4, 0.5) is 0 Å². The number of amides is 1. The largest absolute Gasteiger partial charge is 0.356 e. The lowest BCUT2D eigenvalue weighted by Crippen LogP contribution is -2.25. The summed E-state index contributed by atoms with van der Waals surface area (Å²) in [5.74, 6) is 0.0196. The first kappa shape index (κ1) is 15.7. The molecule has 0 bridgehead atoms.